The van der Waals surface area contributed by atoms with Gasteiger partial charge in [-0.15, -0.1) is 0 Å². The molecule has 1 heterocycles. The van der Waals surface area contributed by atoms with Crippen molar-refractivity contribution in [3.63, 3.8) is 0 Å². The average molecular weight is 151 g/mol. The van der Waals surface area contributed by atoms with Gasteiger partial charge in [0.2, 0.25) is 0 Å². The zero-order valence-electron chi connectivity index (χ0n) is 7.22. The Hall–Kier alpha value is -0.920. The van der Waals surface area contributed by atoms with Crippen LogP contribution in [0.1, 0.15) is 27.2 Å². The summed E-state index contributed by atoms with van der Waals surface area (Å²) in [5.41, 5.74) is 0.405. The summed E-state index contributed by atoms with van der Waals surface area (Å²) in [6.45, 7) is 5.74. The number of hydrogen-bond acceptors (Lipinski definition) is 2. The fraction of sp³-hybridized carbons (Fsp3) is 0.556. The number of rotatable bonds is 1. The summed E-state index contributed by atoms with van der Waals surface area (Å²) in [5.74, 6) is 0.155. The predicted octanol–water partition coefficient (Wildman–Crippen LogP) is 1.96. The first-order valence-corrected chi connectivity index (χ1v) is 3.78. The third-order valence-electron chi connectivity index (χ3n) is 1.59. The van der Waals surface area contributed by atoms with E-state index in [0.717, 1.165) is 0 Å². The molecule has 0 saturated heterocycles. The number of nitrogens with zero attached hydrogens (tertiary/aromatic N) is 1. The van der Waals surface area contributed by atoms with E-state index in [-0.39, 0.29) is 11.2 Å². The van der Waals surface area contributed by atoms with Gasteiger partial charge < -0.3 is 0 Å². The highest BCUT2D eigenvalue weighted by Gasteiger charge is 2.25. The summed E-state index contributed by atoms with van der Waals surface area (Å²) in [6.07, 6.45) is 4.30. The number of carbonyl (C=O) groups excluding carboxylic acids is 1. The van der Waals surface area contributed by atoms with Gasteiger partial charge in [-0.2, -0.15) is 0 Å². The zero-order chi connectivity index (χ0) is 8.48. The number of allylic oxidation sites excluding steroid dienone is 1. The molecule has 0 radical (unpaired) electrons. The van der Waals surface area contributed by atoms with Crippen molar-refractivity contribution in [1.82, 2.24) is 0 Å². The molecule has 0 aliphatic carbocycles. The van der Waals surface area contributed by atoms with Crippen molar-refractivity contribution >= 4 is 11.5 Å². The molecule has 1 rings (SSSR count). The smallest absolute Gasteiger partial charge is 0.182 e. The minimum atomic E-state index is -0.287. The number of Topliss-reactive ketones (excluding diaryl/α,β-unsaturated/α-hetero) is 1. The Bertz CT molecular complexity index is 230. The third kappa shape index (κ3) is 1.76. The first kappa shape index (κ1) is 8.18. The minimum Gasteiger partial charge on any atom is -0.292 e. The molecule has 1 aliphatic heterocycles. The van der Waals surface area contributed by atoms with Crippen LogP contribution in [0.2, 0.25) is 0 Å². The van der Waals surface area contributed by atoms with Crippen molar-refractivity contribution in [3.8, 4) is 0 Å². The van der Waals surface area contributed by atoms with E-state index < -0.39 is 0 Å². The molecule has 0 aromatic rings. The Morgan fingerprint density at radius 1 is 1.55 bits per heavy atom. The van der Waals surface area contributed by atoms with E-state index in [1.54, 1.807) is 6.20 Å². The highest BCUT2D eigenvalue weighted by atomic mass is 16.1. The quantitative estimate of drug-likeness (QED) is 0.563. The van der Waals surface area contributed by atoms with Crippen LogP contribution in [0.5, 0.6) is 0 Å². The van der Waals surface area contributed by atoms with Crippen LogP contribution in [-0.2, 0) is 4.79 Å². The molecule has 2 nitrogen and oxygen atoms in total. The molecule has 0 spiro atoms. The Labute approximate surface area is 67.0 Å². The first-order chi connectivity index (χ1) is 5.02. The molecule has 0 bridgehead atoms. The van der Waals surface area contributed by atoms with Crippen LogP contribution in [0.25, 0.3) is 0 Å². The van der Waals surface area contributed by atoms with Gasteiger partial charge in [0.05, 0.1) is 5.71 Å². The minimum absolute atomic E-state index is 0.155. The Morgan fingerprint density at radius 3 is 2.55 bits per heavy atom. The zero-order valence-corrected chi connectivity index (χ0v) is 7.22. The van der Waals surface area contributed by atoms with E-state index >= 15 is 0 Å². The highest BCUT2D eigenvalue weighted by Crippen LogP contribution is 2.18. The average Bonchev–Trinajstić information content (AvgIpc) is 2.34. The second-order valence-electron chi connectivity index (χ2n) is 3.74. The molecule has 11 heavy (non-hydrogen) atoms. The van der Waals surface area contributed by atoms with Gasteiger partial charge in [0, 0.05) is 18.0 Å². The van der Waals surface area contributed by atoms with Gasteiger partial charge in [0.1, 0.15) is 0 Å². The lowest BCUT2D eigenvalue weighted by Gasteiger charge is -2.15. The molecule has 0 fully saturated rings. The third-order valence-corrected chi connectivity index (χ3v) is 1.59. The summed E-state index contributed by atoms with van der Waals surface area (Å²) in [7, 11) is 0. The van der Waals surface area contributed by atoms with Crippen LogP contribution < -0.4 is 0 Å². The molecule has 0 atom stereocenters. The monoisotopic (exact) mass is 151 g/mol. The Kier molecular flexibility index (Phi) is 1.94. The summed E-state index contributed by atoms with van der Waals surface area (Å²) < 4.78 is 0. The lowest BCUT2D eigenvalue weighted by molar-refractivity contribution is -0.119. The molecular weight excluding hydrogens is 138 g/mol. The van der Waals surface area contributed by atoms with Crippen molar-refractivity contribution in [3.05, 3.63) is 12.3 Å². The normalized spacial score (nSPS) is 16.8. The second-order valence-corrected chi connectivity index (χ2v) is 3.74. The summed E-state index contributed by atoms with van der Waals surface area (Å²) >= 11 is 0. The van der Waals surface area contributed by atoms with Gasteiger partial charge in [-0.1, -0.05) is 26.8 Å². The number of hydrogen-bond donors (Lipinski definition) is 0. The SMILES string of the molecule is CC(C)(C)C(=O)C1=NC=CC1. The largest absolute Gasteiger partial charge is 0.292 e. The molecule has 0 amide bonds. The summed E-state index contributed by atoms with van der Waals surface area (Å²) in [5, 5.41) is 0. The van der Waals surface area contributed by atoms with Crippen molar-refractivity contribution < 1.29 is 4.79 Å². The topological polar surface area (TPSA) is 29.4 Å². The van der Waals surface area contributed by atoms with E-state index in [2.05, 4.69) is 4.99 Å². The molecule has 0 unspecified atom stereocenters. The molecular formula is C9H13NO. The fourth-order valence-corrected chi connectivity index (χ4v) is 0.944. The maximum Gasteiger partial charge on any atom is 0.182 e. The number of carbonyl (C=O) groups is 1. The van der Waals surface area contributed by atoms with Gasteiger partial charge in [-0.05, 0) is 0 Å². The van der Waals surface area contributed by atoms with Crippen molar-refractivity contribution in [1.29, 1.82) is 0 Å². The number of aliphatic imine (C=N–C) groups is 1. The van der Waals surface area contributed by atoms with Gasteiger partial charge >= 0.3 is 0 Å². The summed E-state index contributed by atoms with van der Waals surface area (Å²) in [6, 6.07) is 0. The van der Waals surface area contributed by atoms with E-state index in [1.165, 1.54) is 0 Å². The molecule has 2 heteroatoms. The molecule has 0 saturated carbocycles. The van der Waals surface area contributed by atoms with E-state index in [0.29, 0.717) is 12.1 Å². The highest BCUT2D eigenvalue weighted by molar-refractivity contribution is 6.42. The van der Waals surface area contributed by atoms with E-state index in [1.807, 2.05) is 26.8 Å². The molecule has 1 aliphatic rings. The Morgan fingerprint density at radius 2 is 2.18 bits per heavy atom. The van der Waals surface area contributed by atoms with Crippen molar-refractivity contribution in [2.75, 3.05) is 0 Å². The van der Waals surface area contributed by atoms with Crippen LogP contribution in [0, 0.1) is 5.41 Å². The van der Waals surface area contributed by atoms with Crippen LogP contribution >= 0.6 is 0 Å². The second kappa shape index (κ2) is 2.61. The first-order valence-electron chi connectivity index (χ1n) is 3.78. The maximum atomic E-state index is 11.5. The standard InChI is InChI=1S/C9H13NO/c1-9(2,3)8(11)7-5-4-6-10-7/h4,6H,5H2,1-3H3. The van der Waals surface area contributed by atoms with Crippen LogP contribution in [0.3, 0.4) is 0 Å². The molecule has 0 aromatic heterocycles. The van der Waals surface area contributed by atoms with Crippen LogP contribution in [0.4, 0.5) is 0 Å². The molecule has 60 valence electrons. The van der Waals surface area contributed by atoms with Crippen molar-refractivity contribution in [2.24, 2.45) is 10.4 Å². The summed E-state index contributed by atoms with van der Waals surface area (Å²) in [4.78, 5) is 15.5. The lowest BCUT2D eigenvalue weighted by Crippen LogP contribution is -2.27. The van der Waals surface area contributed by atoms with E-state index in [9.17, 15) is 4.79 Å². The Balaban J connectivity index is 2.71. The van der Waals surface area contributed by atoms with Crippen LogP contribution in [0.15, 0.2) is 17.3 Å². The predicted molar refractivity (Wildman–Crippen MR) is 45.7 cm³/mol. The van der Waals surface area contributed by atoms with Crippen LogP contribution in [-0.4, -0.2) is 11.5 Å². The van der Waals surface area contributed by atoms with Crippen molar-refractivity contribution in [2.45, 2.75) is 27.2 Å². The fourth-order valence-electron chi connectivity index (χ4n) is 0.944. The van der Waals surface area contributed by atoms with Gasteiger partial charge in [-0.3, -0.25) is 9.79 Å². The molecule has 0 aromatic carbocycles. The van der Waals surface area contributed by atoms with Gasteiger partial charge in [-0.25, -0.2) is 0 Å². The maximum absolute atomic E-state index is 11.5. The van der Waals surface area contributed by atoms with E-state index in [4.69, 9.17) is 0 Å². The lowest BCUT2D eigenvalue weighted by atomic mass is 9.87. The number of ketones is 1. The van der Waals surface area contributed by atoms with Gasteiger partial charge in [0.25, 0.3) is 0 Å². The van der Waals surface area contributed by atoms with Gasteiger partial charge in [0.15, 0.2) is 5.78 Å². The molecule has 0 N–H and O–H groups in total.